The normalized spacial score (nSPS) is 16.4. The van der Waals surface area contributed by atoms with E-state index in [2.05, 4.69) is 10.6 Å². The Morgan fingerprint density at radius 3 is 2.65 bits per heavy atom. The van der Waals surface area contributed by atoms with Crippen molar-refractivity contribution in [1.29, 1.82) is 0 Å². The maximum atomic E-state index is 11.3. The van der Waals surface area contributed by atoms with Gasteiger partial charge in [0.15, 0.2) is 0 Å². The predicted octanol–water partition coefficient (Wildman–Crippen LogP) is 1.14. The number of carbonyl (C=O) groups excluding carboxylic acids is 1. The highest BCUT2D eigenvalue weighted by molar-refractivity contribution is 5.67. The average molecular weight is 244 g/mol. The lowest BCUT2D eigenvalue weighted by molar-refractivity contribution is 0.0509. The summed E-state index contributed by atoms with van der Waals surface area (Å²) >= 11 is 0. The standard InChI is InChI=1S/C12H24N2O3/c1-12(2,3)17-11(15)14-5-4-6-16-9-10-7-13-8-10/h10,13H,4-9H2,1-3H3,(H,14,15). The summed E-state index contributed by atoms with van der Waals surface area (Å²) < 4.78 is 10.6. The highest BCUT2D eigenvalue weighted by Gasteiger charge is 2.16. The molecule has 0 unspecified atom stereocenters. The van der Waals surface area contributed by atoms with Crippen LogP contribution in [-0.4, -0.2) is 44.5 Å². The molecule has 5 nitrogen and oxygen atoms in total. The Bertz CT molecular complexity index is 234. The Morgan fingerprint density at radius 2 is 2.12 bits per heavy atom. The first-order valence-corrected chi connectivity index (χ1v) is 6.23. The molecule has 0 aromatic heterocycles. The van der Waals surface area contributed by atoms with Crippen LogP contribution in [0, 0.1) is 5.92 Å². The van der Waals surface area contributed by atoms with E-state index in [0.29, 0.717) is 19.1 Å². The zero-order valence-corrected chi connectivity index (χ0v) is 11.0. The number of carbonyl (C=O) groups is 1. The first kappa shape index (κ1) is 14.3. The number of ether oxygens (including phenoxy) is 2. The van der Waals surface area contributed by atoms with E-state index in [9.17, 15) is 4.79 Å². The van der Waals surface area contributed by atoms with Crippen molar-refractivity contribution in [3.63, 3.8) is 0 Å². The topological polar surface area (TPSA) is 59.6 Å². The fraction of sp³-hybridized carbons (Fsp3) is 0.917. The second-order valence-electron chi connectivity index (χ2n) is 5.38. The van der Waals surface area contributed by atoms with Crippen molar-refractivity contribution in [1.82, 2.24) is 10.6 Å². The molecule has 1 saturated heterocycles. The molecule has 1 amide bonds. The van der Waals surface area contributed by atoms with Crippen LogP contribution in [-0.2, 0) is 9.47 Å². The monoisotopic (exact) mass is 244 g/mol. The van der Waals surface area contributed by atoms with Gasteiger partial charge in [0, 0.05) is 32.2 Å². The summed E-state index contributed by atoms with van der Waals surface area (Å²) in [6, 6.07) is 0. The lowest BCUT2D eigenvalue weighted by atomic mass is 10.1. The molecule has 5 heteroatoms. The molecule has 1 rings (SSSR count). The summed E-state index contributed by atoms with van der Waals surface area (Å²) in [5, 5.41) is 5.90. The number of hydrogen-bond donors (Lipinski definition) is 2. The molecule has 1 heterocycles. The van der Waals surface area contributed by atoms with Crippen molar-refractivity contribution < 1.29 is 14.3 Å². The number of rotatable bonds is 6. The minimum absolute atomic E-state index is 0.360. The Balaban J connectivity index is 1.87. The molecule has 0 bridgehead atoms. The lowest BCUT2D eigenvalue weighted by Gasteiger charge is -2.26. The van der Waals surface area contributed by atoms with Crippen LogP contribution < -0.4 is 10.6 Å². The SMILES string of the molecule is CC(C)(C)OC(=O)NCCCOCC1CNC1. The summed E-state index contributed by atoms with van der Waals surface area (Å²) in [6.45, 7) is 9.78. The summed E-state index contributed by atoms with van der Waals surface area (Å²) in [5.41, 5.74) is -0.433. The third-order valence-corrected chi connectivity index (χ3v) is 2.35. The molecule has 17 heavy (non-hydrogen) atoms. The van der Waals surface area contributed by atoms with E-state index >= 15 is 0 Å². The van der Waals surface area contributed by atoms with Crippen LogP contribution >= 0.6 is 0 Å². The molecular formula is C12H24N2O3. The quantitative estimate of drug-likeness (QED) is 0.688. The molecule has 0 aromatic rings. The Kier molecular flexibility index (Phi) is 5.71. The van der Waals surface area contributed by atoms with Gasteiger partial charge in [0.2, 0.25) is 0 Å². The van der Waals surface area contributed by atoms with Gasteiger partial charge in [-0.25, -0.2) is 4.79 Å². The third kappa shape index (κ3) is 7.18. The van der Waals surface area contributed by atoms with Crippen LogP contribution in [0.1, 0.15) is 27.2 Å². The summed E-state index contributed by atoms with van der Waals surface area (Å²) in [6.07, 6.45) is 0.458. The first-order chi connectivity index (χ1) is 7.97. The van der Waals surface area contributed by atoms with Crippen LogP contribution in [0.3, 0.4) is 0 Å². The van der Waals surface area contributed by atoms with Gasteiger partial charge >= 0.3 is 6.09 Å². The minimum atomic E-state index is -0.433. The van der Waals surface area contributed by atoms with Crippen LogP contribution in [0.5, 0.6) is 0 Å². The largest absolute Gasteiger partial charge is 0.444 e. The summed E-state index contributed by atoms with van der Waals surface area (Å²) in [7, 11) is 0. The van der Waals surface area contributed by atoms with Gasteiger partial charge < -0.3 is 20.1 Å². The molecule has 2 N–H and O–H groups in total. The van der Waals surface area contributed by atoms with Gasteiger partial charge in [-0.1, -0.05) is 0 Å². The molecular weight excluding hydrogens is 220 g/mol. The van der Waals surface area contributed by atoms with E-state index in [1.165, 1.54) is 0 Å². The minimum Gasteiger partial charge on any atom is -0.444 e. The van der Waals surface area contributed by atoms with E-state index in [-0.39, 0.29) is 6.09 Å². The van der Waals surface area contributed by atoms with Crippen LogP contribution in [0.4, 0.5) is 4.79 Å². The Morgan fingerprint density at radius 1 is 1.41 bits per heavy atom. The lowest BCUT2D eigenvalue weighted by Crippen LogP contribution is -2.44. The second kappa shape index (κ2) is 6.81. The van der Waals surface area contributed by atoms with Crippen molar-refractivity contribution in [2.45, 2.75) is 32.8 Å². The Labute approximate surface area is 103 Å². The molecule has 0 spiro atoms. The highest BCUT2D eigenvalue weighted by Crippen LogP contribution is 2.06. The molecule has 1 aliphatic heterocycles. The molecule has 1 fully saturated rings. The molecule has 0 radical (unpaired) electrons. The maximum absolute atomic E-state index is 11.3. The number of alkyl carbamates (subject to hydrolysis) is 1. The van der Waals surface area contributed by atoms with E-state index < -0.39 is 5.60 Å². The molecule has 0 aromatic carbocycles. The van der Waals surface area contributed by atoms with Gasteiger partial charge in [-0.3, -0.25) is 0 Å². The molecule has 0 atom stereocenters. The zero-order chi connectivity index (χ0) is 12.7. The molecule has 0 aliphatic carbocycles. The van der Waals surface area contributed by atoms with Crippen LogP contribution in [0.2, 0.25) is 0 Å². The zero-order valence-electron chi connectivity index (χ0n) is 11.0. The summed E-state index contributed by atoms with van der Waals surface area (Å²) in [4.78, 5) is 11.3. The van der Waals surface area contributed by atoms with Crippen molar-refractivity contribution in [3.05, 3.63) is 0 Å². The van der Waals surface area contributed by atoms with E-state index in [4.69, 9.17) is 9.47 Å². The first-order valence-electron chi connectivity index (χ1n) is 6.23. The van der Waals surface area contributed by atoms with Crippen LogP contribution in [0.15, 0.2) is 0 Å². The Hall–Kier alpha value is -0.810. The molecule has 100 valence electrons. The van der Waals surface area contributed by atoms with E-state index in [0.717, 1.165) is 26.1 Å². The number of hydrogen-bond acceptors (Lipinski definition) is 4. The van der Waals surface area contributed by atoms with Gasteiger partial charge in [0.05, 0.1) is 6.61 Å². The summed E-state index contributed by atoms with van der Waals surface area (Å²) in [5.74, 6) is 0.675. The van der Waals surface area contributed by atoms with Crippen LogP contribution in [0.25, 0.3) is 0 Å². The number of nitrogens with one attached hydrogen (secondary N) is 2. The fourth-order valence-corrected chi connectivity index (χ4v) is 1.40. The smallest absolute Gasteiger partial charge is 0.407 e. The predicted molar refractivity (Wildman–Crippen MR) is 66.0 cm³/mol. The van der Waals surface area contributed by atoms with Crippen molar-refractivity contribution in [2.75, 3.05) is 32.8 Å². The van der Waals surface area contributed by atoms with E-state index in [1.807, 2.05) is 20.8 Å². The van der Waals surface area contributed by atoms with Gasteiger partial charge in [0.1, 0.15) is 5.60 Å². The highest BCUT2D eigenvalue weighted by atomic mass is 16.6. The second-order valence-corrected chi connectivity index (χ2v) is 5.38. The van der Waals surface area contributed by atoms with Crippen molar-refractivity contribution in [2.24, 2.45) is 5.92 Å². The number of amides is 1. The molecule has 1 aliphatic rings. The maximum Gasteiger partial charge on any atom is 0.407 e. The van der Waals surface area contributed by atoms with Crippen molar-refractivity contribution in [3.8, 4) is 0 Å². The van der Waals surface area contributed by atoms with Gasteiger partial charge in [0.25, 0.3) is 0 Å². The van der Waals surface area contributed by atoms with Gasteiger partial charge in [-0.15, -0.1) is 0 Å². The van der Waals surface area contributed by atoms with E-state index in [1.54, 1.807) is 0 Å². The molecule has 0 saturated carbocycles. The third-order valence-electron chi connectivity index (χ3n) is 2.35. The van der Waals surface area contributed by atoms with Crippen molar-refractivity contribution >= 4 is 6.09 Å². The fourth-order valence-electron chi connectivity index (χ4n) is 1.40. The van der Waals surface area contributed by atoms with Gasteiger partial charge in [-0.05, 0) is 27.2 Å². The average Bonchev–Trinajstić information content (AvgIpc) is 2.10. The van der Waals surface area contributed by atoms with Gasteiger partial charge in [-0.2, -0.15) is 0 Å².